The van der Waals surface area contributed by atoms with E-state index in [2.05, 4.69) is 17.1 Å². The van der Waals surface area contributed by atoms with Gasteiger partial charge in [0.25, 0.3) is 0 Å². The maximum absolute atomic E-state index is 13.2. The molecule has 37 heavy (non-hydrogen) atoms. The first-order valence-corrected chi connectivity index (χ1v) is 12.7. The third kappa shape index (κ3) is 4.26. The lowest BCUT2D eigenvalue weighted by Crippen LogP contribution is -2.39. The normalized spacial score (nSPS) is 13.3. The Morgan fingerprint density at radius 2 is 1.89 bits per heavy atom. The molecular formula is C28H28N6O3. The molecule has 0 radical (unpaired) electrons. The van der Waals surface area contributed by atoms with Crippen molar-refractivity contribution in [2.24, 2.45) is 0 Å². The molecule has 1 aliphatic rings. The summed E-state index contributed by atoms with van der Waals surface area (Å²) in [7, 11) is 0. The smallest absolute Gasteiger partial charge is 0.350 e. The van der Waals surface area contributed by atoms with Crippen molar-refractivity contribution < 1.29 is 9.53 Å². The number of fused-ring (bicyclic) bond motifs is 4. The molecule has 0 aliphatic carbocycles. The summed E-state index contributed by atoms with van der Waals surface area (Å²) in [6.07, 6.45) is 7.32. The molecule has 2 aromatic carbocycles. The van der Waals surface area contributed by atoms with Crippen molar-refractivity contribution >= 4 is 22.8 Å². The Morgan fingerprint density at radius 3 is 2.73 bits per heavy atom. The Labute approximate surface area is 213 Å². The minimum atomic E-state index is -0.354. The number of para-hydroxylation sites is 1. The highest BCUT2D eigenvalue weighted by Gasteiger charge is 2.24. The Balaban J connectivity index is 1.29. The third-order valence-corrected chi connectivity index (χ3v) is 6.81. The van der Waals surface area contributed by atoms with Crippen LogP contribution in [0.5, 0.6) is 5.75 Å². The van der Waals surface area contributed by atoms with Crippen LogP contribution in [-0.2, 0) is 17.8 Å². The highest BCUT2D eigenvalue weighted by molar-refractivity contribution is 5.94. The summed E-state index contributed by atoms with van der Waals surface area (Å²) >= 11 is 0. The van der Waals surface area contributed by atoms with Gasteiger partial charge in [0.05, 0.1) is 12.3 Å². The van der Waals surface area contributed by atoms with E-state index in [9.17, 15) is 9.59 Å². The quantitative estimate of drug-likeness (QED) is 0.318. The van der Waals surface area contributed by atoms with Crippen LogP contribution in [0.2, 0.25) is 0 Å². The Hall–Kier alpha value is -4.40. The van der Waals surface area contributed by atoms with Crippen molar-refractivity contribution in [3.8, 4) is 17.0 Å². The molecule has 4 heterocycles. The number of aryl methyl sites for hydroxylation is 1. The number of aromatic nitrogens is 5. The molecule has 9 heteroatoms. The molecule has 0 bridgehead atoms. The Bertz CT molecular complexity index is 1650. The van der Waals surface area contributed by atoms with Gasteiger partial charge in [0.1, 0.15) is 17.8 Å². The van der Waals surface area contributed by atoms with Gasteiger partial charge < -0.3 is 9.64 Å². The first-order valence-electron chi connectivity index (χ1n) is 12.7. The van der Waals surface area contributed by atoms with Gasteiger partial charge in [0, 0.05) is 30.2 Å². The fraction of sp³-hybridized carbons (Fsp3) is 0.286. The van der Waals surface area contributed by atoms with Gasteiger partial charge in [-0.1, -0.05) is 31.5 Å². The largest absolute Gasteiger partial charge is 0.494 e. The lowest BCUT2D eigenvalue weighted by atomic mass is 10.0. The fourth-order valence-electron chi connectivity index (χ4n) is 4.84. The highest BCUT2D eigenvalue weighted by Crippen LogP contribution is 2.27. The van der Waals surface area contributed by atoms with E-state index in [1.165, 1.54) is 9.08 Å². The van der Waals surface area contributed by atoms with Crippen molar-refractivity contribution in [3.63, 3.8) is 0 Å². The number of benzene rings is 2. The van der Waals surface area contributed by atoms with Crippen LogP contribution in [0.25, 0.3) is 22.4 Å². The summed E-state index contributed by atoms with van der Waals surface area (Å²) < 4.78 is 10.2. The zero-order valence-corrected chi connectivity index (χ0v) is 20.7. The van der Waals surface area contributed by atoms with Crippen molar-refractivity contribution in [1.29, 1.82) is 0 Å². The second kappa shape index (κ2) is 9.57. The van der Waals surface area contributed by atoms with E-state index >= 15 is 0 Å². The van der Waals surface area contributed by atoms with Crippen molar-refractivity contribution in [1.82, 2.24) is 23.8 Å². The third-order valence-electron chi connectivity index (χ3n) is 6.81. The fourth-order valence-corrected chi connectivity index (χ4v) is 4.84. The molecule has 9 nitrogen and oxygen atoms in total. The molecule has 0 fully saturated rings. The van der Waals surface area contributed by atoms with Crippen LogP contribution < -0.4 is 15.3 Å². The van der Waals surface area contributed by atoms with Gasteiger partial charge in [-0.3, -0.25) is 4.79 Å². The molecule has 6 rings (SSSR count). The van der Waals surface area contributed by atoms with E-state index in [1.807, 2.05) is 54.6 Å². The SMILES string of the molecule is CCCCOc1ccc(-c2cc3c4nn(CC(=O)N5CCCc6ccccc65)c(=O)n4ccn3n2)cc1. The summed E-state index contributed by atoms with van der Waals surface area (Å²) in [5, 5.41) is 9.21. The summed E-state index contributed by atoms with van der Waals surface area (Å²) in [5.41, 5.74) is 4.55. The van der Waals surface area contributed by atoms with E-state index in [1.54, 1.807) is 21.8 Å². The number of amides is 1. The average molecular weight is 497 g/mol. The van der Waals surface area contributed by atoms with Gasteiger partial charge in [0.15, 0.2) is 5.65 Å². The minimum Gasteiger partial charge on any atom is -0.494 e. The first kappa shape index (κ1) is 23.0. The van der Waals surface area contributed by atoms with Crippen LogP contribution in [0.3, 0.4) is 0 Å². The summed E-state index contributed by atoms with van der Waals surface area (Å²) in [5.74, 6) is 0.679. The van der Waals surface area contributed by atoms with Crippen molar-refractivity contribution in [3.05, 3.63) is 83.0 Å². The number of ether oxygens (including phenoxy) is 1. The van der Waals surface area contributed by atoms with Gasteiger partial charge in [-0.2, -0.15) is 5.10 Å². The first-order chi connectivity index (χ1) is 18.1. The molecule has 1 amide bonds. The zero-order chi connectivity index (χ0) is 25.4. The molecule has 188 valence electrons. The molecule has 0 atom stereocenters. The number of anilines is 1. The predicted molar refractivity (Wildman–Crippen MR) is 141 cm³/mol. The highest BCUT2D eigenvalue weighted by atomic mass is 16.5. The number of nitrogens with zero attached hydrogens (tertiary/aromatic N) is 6. The van der Waals surface area contributed by atoms with E-state index in [4.69, 9.17) is 4.74 Å². The maximum Gasteiger partial charge on any atom is 0.350 e. The Morgan fingerprint density at radius 1 is 1.05 bits per heavy atom. The molecule has 5 aromatic rings. The standard InChI is InChI=1S/C28H28N6O3/c1-2-3-17-37-22-12-10-20(11-13-22)23-18-25-27-30-34(28(36)32(27)15-16-33(25)29-23)19-26(35)31-14-6-8-21-7-4-5-9-24(21)31/h4-5,7,9-13,15-16,18H,2-3,6,8,14,17,19H2,1H3. The number of carbonyl (C=O) groups is 1. The van der Waals surface area contributed by atoms with Crippen LogP contribution in [0.4, 0.5) is 5.69 Å². The monoisotopic (exact) mass is 496 g/mol. The van der Waals surface area contributed by atoms with Gasteiger partial charge in [-0.05, 0) is 61.2 Å². The summed E-state index contributed by atoms with van der Waals surface area (Å²) in [6, 6.07) is 17.7. The second-order valence-electron chi connectivity index (χ2n) is 9.30. The summed E-state index contributed by atoms with van der Waals surface area (Å²) in [4.78, 5) is 28.1. The molecule has 0 spiro atoms. The number of rotatable bonds is 7. The molecular weight excluding hydrogens is 468 g/mol. The van der Waals surface area contributed by atoms with Crippen LogP contribution in [-0.4, -0.2) is 42.9 Å². The molecule has 3 aromatic heterocycles. The number of unbranched alkanes of at least 4 members (excludes halogenated alkanes) is 1. The molecule has 0 N–H and O–H groups in total. The lowest BCUT2D eigenvalue weighted by Gasteiger charge is -2.29. The predicted octanol–water partition coefficient (Wildman–Crippen LogP) is 3.97. The van der Waals surface area contributed by atoms with Crippen molar-refractivity contribution in [2.75, 3.05) is 18.1 Å². The van der Waals surface area contributed by atoms with Crippen LogP contribution >= 0.6 is 0 Å². The van der Waals surface area contributed by atoms with Crippen molar-refractivity contribution in [2.45, 2.75) is 39.2 Å². The van der Waals surface area contributed by atoms with Gasteiger partial charge in [0.2, 0.25) is 5.91 Å². The van der Waals surface area contributed by atoms with Crippen LogP contribution in [0.1, 0.15) is 31.7 Å². The maximum atomic E-state index is 13.2. The van der Waals surface area contributed by atoms with E-state index in [0.717, 1.165) is 53.9 Å². The molecule has 0 saturated heterocycles. The molecule has 1 aliphatic heterocycles. The van der Waals surface area contributed by atoms with Gasteiger partial charge >= 0.3 is 5.69 Å². The van der Waals surface area contributed by atoms with E-state index < -0.39 is 0 Å². The lowest BCUT2D eigenvalue weighted by molar-refractivity contribution is -0.119. The minimum absolute atomic E-state index is 0.124. The summed E-state index contributed by atoms with van der Waals surface area (Å²) in [6.45, 7) is 3.35. The van der Waals surface area contributed by atoms with Crippen LogP contribution in [0, 0.1) is 0 Å². The topological polar surface area (TPSA) is 86.1 Å². The van der Waals surface area contributed by atoms with Crippen LogP contribution in [0.15, 0.2) is 71.8 Å². The zero-order valence-electron chi connectivity index (χ0n) is 20.7. The molecule has 0 saturated carbocycles. The van der Waals surface area contributed by atoms with E-state index in [0.29, 0.717) is 24.3 Å². The number of carbonyl (C=O) groups excluding carboxylic acids is 1. The molecule has 0 unspecified atom stereocenters. The van der Waals surface area contributed by atoms with Gasteiger partial charge in [-0.25, -0.2) is 18.4 Å². The second-order valence-corrected chi connectivity index (χ2v) is 9.30. The number of hydrogen-bond acceptors (Lipinski definition) is 5. The van der Waals surface area contributed by atoms with Gasteiger partial charge in [-0.15, -0.1) is 5.10 Å². The number of hydrogen-bond donors (Lipinski definition) is 0. The average Bonchev–Trinajstić information content (AvgIpc) is 3.50. The van der Waals surface area contributed by atoms with E-state index in [-0.39, 0.29) is 18.1 Å². The Kier molecular flexibility index (Phi) is 5.96.